The van der Waals surface area contributed by atoms with Gasteiger partial charge in [0.2, 0.25) is 0 Å². The third kappa shape index (κ3) is 5.14. The number of morpholine rings is 1. The molecule has 1 fully saturated rings. The maximum atomic E-state index is 12.9. The molecule has 190 valence electrons. The number of benzene rings is 2. The predicted molar refractivity (Wildman–Crippen MR) is 141 cm³/mol. The maximum absolute atomic E-state index is 12.9. The number of nitrogens with zero attached hydrogens (tertiary/aromatic N) is 2. The molecule has 3 aromatic rings. The summed E-state index contributed by atoms with van der Waals surface area (Å²) in [6.07, 6.45) is 0.406. The van der Waals surface area contributed by atoms with E-state index in [9.17, 15) is 9.59 Å². The quantitative estimate of drug-likeness (QED) is 0.479. The zero-order chi connectivity index (χ0) is 25.1. The first kappa shape index (κ1) is 24.8. The molecule has 9 heteroatoms. The number of nitrogens with one attached hydrogen (secondary N) is 2. The summed E-state index contributed by atoms with van der Waals surface area (Å²) in [5.41, 5.74) is 4.77. The molecule has 1 atom stereocenters. The number of hydrogen-bond acceptors (Lipinski definition) is 5. The van der Waals surface area contributed by atoms with Gasteiger partial charge >= 0.3 is 6.09 Å². The van der Waals surface area contributed by atoms with Crippen LogP contribution in [0.3, 0.4) is 0 Å². The second kappa shape index (κ2) is 11.0. The van der Waals surface area contributed by atoms with Crippen molar-refractivity contribution in [2.24, 2.45) is 0 Å². The number of halogens is 1. The molecule has 2 aliphatic rings. The molecule has 0 saturated carbocycles. The van der Waals surface area contributed by atoms with Gasteiger partial charge in [0.25, 0.3) is 5.91 Å². The molecule has 0 radical (unpaired) electrons. The van der Waals surface area contributed by atoms with E-state index in [1.165, 1.54) is 5.56 Å². The second-order valence-electron chi connectivity index (χ2n) is 9.08. The maximum Gasteiger partial charge on any atom is 0.410 e. The van der Waals surface area contributed by atoms with Gasteiger partial charge in [0.1, 0.15) is 6.04 Å². The molecular formula is C27H31BrN4O4. The van der Waals surface area contributed by atoms with Crippen LogP contribution in [0.25, 0.3) is 10.9 Å². The SMILES string of the molecule is CCOC(=O)N1CCc2c([nH]c3ccc(Br)cc23)C1c1ccc(C(=O)NCCN2CCOCC2)cc1. The first-order valence-electron chi connectivity index (χ1n) is 12.5. The molecule has 2 amide bonds. The van der Waals surface area contributed by atoms with Crippen molar-refractivity contribution in [1.82, 2.24) is 20.1 Å². The zero-order valence-corrected chi connectivity index (χ0v) is 22.0. The molecule has 5 rings (SSSR count). The summed E-state index contributed by atoms with van der Waals surface area (Å²) >= 11 is 3.58. The molecule has 8 nitrogen and oxygen atoms in total. The Bertz CT molecular complexity index is 1240. The normalized spacial score (nSPS) is 18.2. The summed E-state index contributed by atoms with van der Waals surface area (Å²) in [6.45, 7) is 7.37. The smallest absolute Gasteiger partial charge is 0.410 e. The number of amides is 2. The van der Waals surface area contributed by atoms with Gasteiger partial charge in [-0.25, -0.2) is 4.79 Å². The summed E-state index contributed by atoms with van der Waals surface area (Å²) < 4.78 is 11.8. The molecule has 1 unspecified atom stereocenters. The lowest BCUT2D eigenvalue weighted by atomic mass is 9.92. The van der Waals surface area contributed by atoms with Crippen LogP contribution in [0.5, 0.6) is 0 Å². The molecule has 0 aliphatic carbocycles. The minimum atomic E-state index is -0.335. The van der Waals surface area contributed by atoms with E-state index in [1.807, 2.05) is 43.3 Å². The van der Waals surface area contributed by atoms with Crippen molar-refractivity contribution < 1.29 is 19.1 Å². The van der Waals surface area contributed by atoms with Gasteiger partial charge < -0.3 is 19.8 Å². The highest BCUT2D eigenvalue weighted by Gasteiger charge is 2.35. The van der Waals surface area contributed by atoms with Crippen LogP contribution in [0.2, 0.25) is 0 Å². The monoisotopic (exact) mass is 554 g/mol. The van der Waals surface area contributed by atoms with Gasteiger partial charge in [-0.2, -0.15) is 0 Å². The highest BCUT2D eigenvalue weighted by molar-refractivity contribution is 9.10. The molecule has 2 aromatic carbocycles. The van der Waals surface area contributed by atoms with E-state index in [1.54, 1.807) is 4.90 Å². The topological polar surface area (TPSA) is 86.9 Å². The molecule has 2 aliphatic heterocycles. The number of aromatic amines is 1. The number of hydrogen-bond donors (Lipinski definition) is 2. The standard InChI is InChI=1S/C27H31BrN4O4/c1-2-36-27(34)32-11-9-21-22-17-20(28)7-8-23(22)30-24(21)25(32)18-3-5-19(6-4-18)26(33)29-10-12-31-13-15-35-16-14-31/h3-8,17,25,30H,2,9-16H2,1H3,(H,29,33). The Hall–Kier alpha value is -2.88. The van der Waals surface area contributed by atoms with E-state index < -0.39 is 0 Å². The molecule has 36 heavy (non-hydrogen) atoms. The zero-order valence-electron chi connectivity index (χ0n) is 20.4. The summed E-state index contributed by atoms with van der Waals surface area (Å²) in [7, 11) is 0. The molecule has 3 heterocycles. The van der Waals surface area contributed by atoms with Crippen molar-refractivity contribution in [2.75, 3.05) is 52.5 Å². The predicted octanol–water partition coefficient (Wildman–Crippen LogP) is 4.10. The molecule has 1 aromatic heterocycles. The second-order valence-corrected chi connectivity index (χ2v) is 10.00. The minimum absolute atomic E-state index is 0.100. The molecule has 0 spiro atoms. The number of carbonyl (C=O) groups is 2. The van der Waals surface area contributed by atoms with E-state index in [0.717, 1.165) is 65.9 Å². The van der Waals surface area contributed by atoms with Crippen LogP contribution in [0.15, 0.2) is 46.9 Å². The van der Waals surface area contributed by atoms with Gasteiger partial charge in [-0.15, -0.1) is 0 Å². The number of ether oxygens (including phenoxy) is 2. The fraction of sp³-hybridized carbons (Fsp3) is 0.407. The van der Waals surface area contributed by atoms with Gasteiger partial charge in [0, 0.05) is 59.4 Å². The molecule has 2 N–H and O–H groups in total. The lowest BCUT2D eigenvalue weighted by Crippen LogP contribution is -2.41. The summed E-state index contributed by atoms with van der Waals surface area (Å²) in [6, 6.07) is 13.4. The van der Waals surface area contributed by atoms with Crippen molar-refractivity contribution in [3.8, 4) is 0 Å². The van der Waals surface area contributed by atoms with Crippen LogP contribution in [-0.4, -0.2) is 79.3 Å². The fourth-order valence-corrected chi connectivity index (χ4v) is 5.44. The van der Waals surface area contributed by atoms with Crippen molar-refractivity contribution >= 4 is 38.8 Å². The van der Waals surface area contributed by atoms with E-state index >= 15 is 0 Å². The van der Waals surface area contributed by atoms with Crippen molar-refractivity contribution in [3.63, 3.8) is 0 Å². The lowest BCUT2D eigenvalue weighted by Gasteiger charge is -2.35. The van der Waals surface area contributed by atoms with Crippen LogP contribution >= 0.6 is 15.9 Å². The minimum Gasteiger partial charge on any atom is -0.450 e. The number of rotatable bonds is 6. The van der Waals surface area contributed by atoms with Crippen LogP contribution in [0.1, 0.15) is 40.1 Å². The van der Waals surface area contributed by atoms with Crippen LogP contribution in [-0.2, 0) is 15.9 Å². The third-order valence-electron chi connectivity index (χ3n) is 6.90. The first-order chi connectivity index (χ1) is 17.5. The molecule has 1 saturated heterocycles. The van der Waals surface area contributed by atoms with Gasteiger partial charge in [-0.3, -0.25) is 14.6 Å². The van der Waals surface area contributed by atoms with Crippen LogP contribution < -0.4 is 5.32 Å². The Labute approximate surface area is 219 Å². The summed E-state index contributed by atoms with van der Waals surface area (Å²) in [5.74, 6) is -0.100. The van der Waals surface area contributed by atoms with Gasteiger partial charge in [0.15, 0.2) is 0 Å². The fourth-order valence-electron chi connectivity index (χ4n) is 5.08. The summed E-state index contributed by atoms with van der Waals surface area (Å²) in [5, 5.41) is 4.17. The van der Waals surface area contributed by atoms with E-state index in [0.29, 0.717) is 25.3 Å². The Balaban J connectivity index is 1.37. The third-order valence-corrected chi connectivity index (χ3v) is 7.39. The number of fused-ring (bicyclic) bond motifs is 3. The van der Waals surface area contributed by atoms with E-state index in [-0.39, 0.29) is 18.0 Å². The van der Waals surface area contributed by atoms with Crippen molar-refractivity contribution in [3.05, 3.63) is 69.3 Å². The van der Waals surface area contributed by atoms with E-state index in [2.05, 4.69) is 37.2 Å². The first-order valence-corrected chi connectivity index (χ1v) is 13.3. The van der Waals surface area contributed by atoms with Gasteiger partial charge in [-0.1, -0.05) is 28.1 Å². The van der Waals surface area contributed by atoms with Crippen molar-refractivity contribution in [1.29, 1.82) is 0 Å². The number of H-pyrrole nitrogens is 1. The summed E-state index contributed by atoms with van der Waals surface area (Å²) in [4.78, 5) is 33.2. The average molecular weight is 555 g/mol. The number of aromatic nitrogens is 1. The Kier molecular flexibility index (Phi) is 7.59. The largest absolute Gasteiger partial charge is 0.450 e. The van der Waals surface area contributed by atoms with E-state index in [4.69, 9.17) is 9.47 Å². The van der Waals surface area contributed by atoms with Crippen LogP contribution in [0.4, 0.5) is 4.79 Å². The highest BCUT2D eigenvalue weighted by Crippen LogP contribution is 2.39. The Morgan fingerprint density at radius 1 is 1.14 bits per heavy atom. The van der Waals surface area contributed by atoms with Crippen LogP contribution in [0, 0.1) is 0 Å². The molecular weight excluding hydrogens is 524 g/mol. The van der Waals surface area contributed by atoms with Gasteiger partial charge in [-0.05, 0) is 54.8 Å². The van der Waals surface area contributed by atoms with Crippen molar-refractivity contribution in [2.45, 2.75) is 19.4 Å². The highest BCUT2D eigenvalue weighted by atomic mass is 79.9. The Morgan fingerprint density at radius 3 is 2.67 bits per heavy atom. The van der Waals surface area contributed by atoms with Gasteiger partial charge in [0.05, 0.1) is 19.8 Å². The number of carbonyl (C=O) groups excluding carboxylic acids is 2. The average Bonchev–Trinajstić information content (AvgIpc) is 3.26. The Morgan fingerprint density at radius 2 is 1.92 bits per heavy atom. The lowest BCUT2D eigenvalue weighted by molar-refractivity contribution is 0.0383. The molecule has 0 bridgehead atoms.